The third-order valence-corrected chi connectivity index (χ3v) is 9.51. The fourth-order valence-electron chi connectivity index (χ4n) is 5.72. The van der Waals surface area contributed by atoms with Crippen LogP contribution in [0.5, 0.6) is 0 Å². The number of amides is 1. The van der Waals surface area contributed by atoms with Crippen LogP contribution in [-0.4, -0.2) is 48.5 Å². The fourth-order valence-corrected chi connectivity index (χ4v) is 7.02. The number of nitrogens with one attached hydrogen (secondary N) is 2. The number of rotatable bonds is 7. The van der Waals surface area contributed by atoms with Gasteiger partial charge >= 0.3 is 0 Å². The number of piperidine rings is 1. The Hall–Kier alpha value is -2.25. The van der Waals surface area contributed by atoms with E-state index in [1.165, 1.54) is 56.3 Å². The number of carbonyl (C=O) groups is 1. The van der Waals surface area contributed by atoms with Crippen molar-refractivity contribution in [2.24, 2.45) is 5.41 Å². The van der Waals surface area contributed by atoms with Crippen LogP contribution in [0.3, 0.4) is 0 Å². The zero-order valence-corrected chi connectivity index (χ0v) is 21.2. The number of hydrogen-bond acceptors (Lipinski definition) is 6. The summed E-state index contributed by atoms with van der Waals surface area (Å²) in [5.41, 5.74) is 2.08. The first-order chi connectivity index (χ1) is 17.2. The average Bonchev–Trinajstić information content (AvgIpc) is 3.23. The monoisotopic (exact) mass is 492 g/mol. The summed E-state index contributed by atoms with van der Waals surface area (Å²) in [4.78, 5) is 22.0. The molecule has 6 rings (SSSR count). The minimum absolute atomic E-state index is 0.0852. The molecule has 2 aromatic rings. The van der Waals surface area contributed by atoms with Gasteiger partial charge in [0.1, 0.15) is 11.6 Å². The predicted molar refractivity (Wildman–Crippen MR) is 143 cm³/mol. The molecule has 2 aliphatic carbocycles. The highest BCUT2D eigenvalue weighted by Gasteiger charge is 2.45. The Morgan fingerprint density at radius 2 is 1.89 bits per heavy atom. The van der Waals surface area contributed by atoms with Crippen LogP contribution in [0.25, 0.3) is 0 Å². The van der Waals surface area contributed by atoms with Crippen molar-refractivity contribution in [2.45, 2.75) is 74.0 Å². The summed E-state index contributed by atoms with van der Waals surface area (Å²) in [5, 5.41) is 7.38. The second-order valence-corrected chi connectivity index (χ2v) is 12.1. The third kappa shape index (κ3) is 5.46. The molecule has 1 spiro atoms. The maximum absolute atomic E-state index is 13.5. The van der Waals surface area contributed by atoms with Gasteiger partial charge < -0.3 is 20.3 Å². The highest BCUT2D eigenvalue weighted by molar-refractivity contribution is 8.00. The van der Waals surface area contributed by atoms with Crippen molar-refractivity contribution < 1.29 is 9.53 Å². The SMILES string of the molecule is O=C(Nc1cccc(SC2CCCC2)c1)c1ccc(N[C@@H]2CCOC2)nc1N1CCC2(CC1)CC2. The van der Waals surface area contributed by atoms with E-state index in [1.54, 1.807) is 0 Å². The van der Waals surface area contributed by atoms with Crippen molar-refractivity contribution in [3.05, 3.63) is 42.0 Å². The van der Waals surface area contributed by atoms with Gasteiger partial charge in [-0.1, -0.05) is 18.9 Å². The average molecular weight is 493 g/mol. The van der Waals surface area contributed by atoms with Crippen LogP contribution in [0.15, 0.2) is 41.3 Å². The molecule has 4 fully saturated rings. The highest BCUT2D eigenvalue weighted by Crippen LogP contribution is 2.54. The van der Waals surface area contributed by atoms with Crippen molar-refractivity contribution in [2.75, 3.05) is 41.8 Å². The summed E-state index contributed by atoms with van der Waals surface area (Å²) in [6, 6.07) is 12.5. The van der Waals surface area contributed by atoms with Gasteiger partial charge in [0.15, 0.2) is 0 Å². The van der Waals surface area contributed by atoms with E-state index < -0.39 is 0 Å². The first-order valence-electron chi connectivity index (χ1n) is 13.3. The lowest BCUT2D eigenvalue weighted by molar-refractivity contribution is 0.102. The second-order valence-electron chi connectivity index (χ2n) is 10.8. The van der Waals surface area contributed by atoms with Gasteiger partial charge in [-0.05, 0) is 80.7 Å². The molecule has 1 aromatic carbocycles. The summed E-state index contributed by atoms with van der Waals surface area (Å²) in [6.45, 7) is 3.44. The van der Waals surface area contributed by atoms with Crippen molar-refractivity contribution >= 4 is 35.0 Å². The van der Waals surface area contributed by atoms with E-state index in [2.05, 4.69) is 27.7 Å². The third-order valence-electron chi connectivity index (χ3n) is 8.18. The summed E-state index contributed by atoms with van der Waals surface area (Å²) in [6.07, 6.45) is 11.4. The van der Waals surface area contributed by atoms with Gasteiger partial charge in [0.2, 0.25) is 0 Å². The van der Waals surface area contributed by atoms with E-state index in [9.17, 15) is 4.79 Å². The van der Waals surface area contributed by atoms with Crippen LogP contribution in [0.4, 0.5) is 17.3 Å². The molecule has 4 aliphatic rings. The Morgan fingerprint density at radius 1 is 1.06 bits per heavy atom. The molecule has 7 heteroatoms. The number of anilines is 3. The molecule has 1 aromatic heterocycles. The number of pyridine rings is 1. The molecular weight excluding hydrogens is 456 g/mol. The predicted octanol–water partition coefficient (Wildman–Crippen LogP) is 5.95. The smallest absolute Gasteiger partial charge is 0.259 e. The minimum atomic E-state index is -0.0852. The molecule has 6 nitrogen and oxygen atoms in total. The normalized spacial score (nSPS) is 23.5. The summed E-state index contributed by atoms with van der Waals surface area (Å²) >= 11 is 1.95. The van der Waals surface area contributed by atoms with Crippen LogP contribution in [0, 0.1) is 5.41 Å². The van der Waals surface area contributed by atoms with E-state index in [0.29, 0.717) is 22.8 Å². The van der Waals surface area contributed by atoms with Gasteiger partial charge in [0.05, 0.1) is 18.2 Å². The van der Waals surface area contributed by atoms with Gasteiger partial charge in [-0.25, -0.2) is 4.98 Å². The largest absolute Gasteiger partial charge is 0.379 e. The van der Waals surface area contributed by atoms with Crippen molar-refractivity contribution in [1.82, 2.24) is 4.98 Å². The number of aromatic nitrogens is 1. The summed E-state index contributed by atoms with van der Waals surface area (Å²) < 4.78 is 5.52. The first-order valence-corrected chi connectivity index (χ1v) is 14.2. The van der Waals surface area contributed by atoms with E-state index in [4.69, 9.17) is 9.72 Å². The van der Waals surface area contributed by atoms with E-state index in [0.717, 1.165) is 43.4 Å². The molecule has 35 heavy (non-hydrogen) atoms. The molecule has 186 valence electrons. The molecule has 2 N–H and O–H groups in total. The van der Waals surface area contributed by atoms with Gasteiger partial charge in [0.25, 0.3) is 5.91 Å². The molecule has 0 unspecified atom stereocenters. The van der Waals surface area contributed by atoms with E-state index in [-0.39, 0.29) is 11.9 Å². The number of nitrogens with zero attached hydrogens (tertiary/aromatic N) is 2. The van der Waals surface area contributed by atoms with Gasteiger partial charge in [0, 0.05) is 35.5 Å². The Labute approximate surface area is 212 Å². The Morgan fingerprint density at radius 3 is 2.63 bits per heavy atom. The Bertz CT molecular complexity index is 1050. The second kappa shape index (κ2) is 10.0. The van der Waals surface area contributed by atoms with Crippen LogP contribution >= 0.6 is 11.8 Å². The van der Waals surface area contributed by atoms with Gasteiger partial charge in [-0.15, -0.1) is 11.8 Å². The molecule has 2 aliphatic heterocycles. The quantitative estimate of drug-likeness (QED) is 0.498. The highest BCUT2D eigenvalue weighted by atomic mass is 32.2. The van der Waals surface area contributed by atoms with E-state index in [1.807, 2.05) is 36.0 Å². The number of benzene rings is 1. The first kappa shape index (κ1) is 23.2. The topological polar surface area (TPSA) is 66.5 Å². The van der Waals surface area contributed by atoms with E-state index >= 15 is 0 Å². The minimum Gasteiger partial charge on any atom is -0.379 e. The molecular formula is C28H36N4O2S. The number of hydrogen-bond donors (Lipinski definition) is 2. The summed E-state index contributed by atoms with van der Waals surface area (Å²) in [5.74, 6) is 1.55. The molecule has 1 atom stereocenters. The zero-order valence-electron chi connectivity index (χ0n) is 20.4. The lowest BCUT2D eigenvalue weighted by atomic mass is 9.93. The Balaban J connectivity index is 1.20. The molecule has 2 saturated heterocycles. The fraction of sp³-hybridized carbons (Fsp3) is 0.571. The van der Waals surface area contributed by atoms with Crippen molar-refractivity contribution in [3.63, 3.8) is 0 Å². The van der Waals surface area contributed by atoms with Gasteiger partial charge in [-0.3, -0.25) is 4.79 Å². The maximum Gasteiger partial charge on any atom is 0.259 e. The van der Waals surface area contributed by atoms with Crippen LogP contribution < -0.4 is 15.5 Å². The maximum atomic E-state index is 13.5. The lowest BCUT2D eigenvalue weighted by Crippen LogP contribution is -2.36. The lowest BCUT2D eigenvalue weighted by Gasteiger charge is -2.34. The van der Waals surface area contributed by atoms with Crippen molar-refractivity contribution in [3.8, 4) is 0 Å². The van der Waals surface area contributed by atoms with Crippen LogP contribution in [-0.2, 0) is 4.74 Å². The number of ether oxygens (including phenoxy) is 1. The molecule has 0 radical (unpaired) electrons. The zero-order chi connectivity index (χ0) is 23.7. The van der Waals surface area contributed by atoms with Crippen LogP contribution in [0.2, 0.25) is 0 Å². The van der Waals surface area contributed by atoms with Crippen LogP contribution in [0.1, 0.15) is 68.1 Å². The standard InChI is InChI=1S/C28H36N4O2S/c33-27(30-20-4-3-7-23(18-20)35-22-5-1-2-6-22)24-8-9-25(29-21-10-17-34-19-21)31-26(24)32-15-13-28(11-12-28)14-16-32/h3-4,7-9,18,21-22H,1-2,5-6,10-17,19H2,(H,29,31)(H,30,33)/t21-/m1/s1. The molecule has 2 saturated carbocycles. The molecule has 3 heterocycles. The van der Waals surface area contributed by atoms with Gasteiger partial charge in [-0.2, -0.15) is 0 Å². The number of carbonyl (C=O) groups excluding carboxylic acids is 1. The molecule has 1 amide bonds. The Kier molecular flexibility index (Phi) is 6.63. The number of thioether (sulfide) groups is 1. The summed E-state index contributed by atoms with van der Waals surface area (Å²) in [7, 11) is 0. The van der Waals surface area contributed by atoms with Crippen molar-refractivity contribution in [1.29, 1.82) is 0 Å². The molecule has 0 bridgehead atoms.